The molecule has 5 heteroatoms. The highest BCUT2D eigenvalue weighted by Crippen LogP contribution is 2.21. The summed E-state index contributed by atoms with van der Waals surface area (Å²) in [7, 11) is 0. The summed E-state index contributed by atoms with van der Waals surface area (Å²) in [5.74, 6) is 2.07. The summed E-state index contributed by atoms with van der Waals surface area (Å²) in [5, 5.41) is 7.31. The summed E-state index contributed by atoms with van der Waals surface area (Å²) in [6.07, 6.45) is 1.66. The summed E-state index contributed by atoms with van der Waals surface area (Å²) in [6.45, 7) is 4.58. The van der Waals surface area contributed by atoms with Crippen LogP contribution in [-0.4, -0.2) is 10.1 Å². The van der Waals surface area contributed by atoms with Gasteiger partial charge in [-0.25, -0.2) is 0 Å². The predicted molar refractivity (Wildman–Crippen MR) is 78.4 cm³/mol. The zero-order chi connectivity index (χ0) is 14.7. The van der Waals surface area contributed by atoms with E-state index in [1.165, 1.54) is 0 Å². The van der Waals surface area contributed by atoms with Crippen LogP contribution in [0, 0.1) is 6.92 Å². The lowest BCUT2D eigenvalue weighted by molar-refractivity contribution is 0.403. The fourth-order valence-corrected chi connectivity index (χ4v) is 2.13. The fraction of sp³-hybridized carbons (Fsp3) is 0.250. The van der Waals surface area contributed by atoms with Crippen molar-refractivity contribution in [1.29, 1.82) is 0 Å². The first-order valence-electron chi connectivity index (χ1n) is 6.89. The van der Waals surface area contributed by atoms with E-state index in [0.717, 1.165) is 16.9 Å². The van der Waals surface area contributed by atoms with Gasteiger partial charge in [0.2, 0.25) is 0 Å². The molecule has 0 saturated heterocycles. The Morgan fingerprint density at radius 3 is 2.81 bits per heavy atom. The second-order valence-corrected chi connectivity index (χ2v) is 4.95. The second kappa shape index (κ2) is 5.93. The third-order valence-electron chi connectivity index (χ3n) is 3.38. The summed E-state index contributed by atoms with van der Waals surface area (Å²) in [4.78, 5) is 4.42. The molecule has 0 radical (unpaired) electrons. The summed E-state index contributed by atoms with van der Waals surface area (Å²) < 4.78 is 10.7. The van der Waals surface area contributed by atoms with Crippen molar-refractivity contribution in [2.75, 3.05) is 0 Å². The van der Waals surface area contributed by atoms with E-state index in [9.17, 15) is 0 Å². The standard InChI is InChI=1S/C16H17N3O2/c1-11-6-3-4-7-13(11)16-18-15(19-21-16)10-17-12(2)14-8-5-9-20-14/h3-9,12,17H,10H2,1-2H3. The smallest absolute Gasteiger partial charge is 0.258 e. The Hall–Kier alpha value is -2.40. The molecule has 2 aromatic heterocycles. The van der Waals surface area contributed by atoms with Crippen LogP contribution in [0.1, 0.15) is 30.1 Å². The molecular formula is C16H17N3O2. The Morgan fingerprint density at radius 1 is 1.19 bits per heavy atom. The van der Waals surface area contributed by atoms with Crippen LogP contribution in [0.3, 0.4) is 0 Å². The summed E-state index contributed by atoms with van der Waals surface area (Å²) in [5.41, 5.74) is 2.08. The molecule has 1 N–H and O–H groups in total. The van der Waals surface area contributed by atoms with E-state index in [2.05, 4.69) is 15.5 Å². The normalized spacial score (nSPS) is 12.5. The monoisotopic (exact) mass is 283 g/mol. The van der Waals surface area contributed by atoms with Crippen molar-refractivity contribution >= 4 is 0 Å². The van der Waals surface area contributed by atoms with E-state index in [4.69, 9.17) is 8.94 Å². The number of nitrogens with zero attached hydrogens (tertiary/aromatic N) is 2. The van der Waals surface area contributed by atoms with E-state index >= 15 is 0 Å². The lowest BCUT2D eigenvalue weighted by Gasteiger charge is -2.08. The first kappa shape index (κ1) is 13.6. The quantitative estimate of drug-likeness (QED) is 0.776. The molecule has 0 bridgehead atoms. The number of hydrogen-bond acceptors (Lipinski definition) is 5. The maximum absolute atomic E-state index is 5.35. The molecule has 3 rings (SSSR count). The van der Waals surface area contributed by atoms with Crippen LogP contribution < -0.4 is 5.32 Å². The van der Waals surface area contributed by atoms with Crippen LogP contribution in [0.25, 0.3) is 11.5 Å². The Labute approximate surface area is 123 Å². The Kier molecular flexibility index (Phi) is 3.83. The molecule has 1 unspecified atom stereocenters. The van der Waals surface area contributed by atoms with Gasteiger partial charge in [0.25, 0.3) is 5.89 Å². The van der Waals surface area contributed by atoms with Gasteiger partial charge in [-0.15, -0.1) is 0 Å². The number of rotatable bonds is 5. The molecule has 0 saturated carbocycles. The second-order valence-electron chi connectivity index (χ2n) is 4.95. The van der Waals surface area contributed by atoms with E-state index in [1.54, 1.807) is 6.26 Å². The number of aryl methyl sites for hydroxylation is 1. The molecule has 3 aromatic rings. The van der Waals surface area contributed by atoms with Crippen molar-refractivity contribution in [3.63, 3.8) is 0 Å². The van der Waals surface area contributed by atoms with E-state index in [0.29, 0.717) is 18.3 Å². The number of furan rings is 1. The van der Waals surface area contributed by atoms with Gasteiger partial charge in [-0.3, -0.25) is 0 Å². The molecule has 0 amide bonds. The molecule has 1 atom stereocenters. The molecule has 0 aliphatic carbocycles. The molecule has 0 aliphatic heterocycles. The maximum Gasteiger partial charge on any atom is 0.258 e. The van der Waals surface area contributed by atoms with Crippen LogP contribution in [0.4, 0.5) is 0 Å². The van der Waals surface area contributed by atoms with Gasteiger partial charge in [0.15, 0.2) is 5.82 Å². The highest BCUT2D eigenvalue weighted by atomic mass is 16.5. The molecule has 5 nitrogen and oxygen atoms in total. The van der Waals surface area contributed by atoms with Gasteiger partial charge in [0, 0.05) is 5.56 Å². The lowest BCUT2D eigenvalue weighted by Crippen LogP contribution is -2.18. The average molecular weight is 283 g/mol. The topological polar surface area (TPSA) is 64.1 Å². The Morgan fingerprint density at radius 2 is 2.05 bits per heavy atom. The molecule has 1 aromatic carbocycles. The predicted octanol–water partition coefficient (Wildman–Crippen LogP) is 3.49. The van der Waals surface area contributed by atoms with Crippen molar-refractivity contribution in [1.82, 2.24) is 15.5 Å². The maximum atomic E-state index is 5.35. The van der Waals surface area contributed by atoms with Gasteiger partial charge >= 0.3 is 0 Å². The summed E-state index contributed by atoms with van der Waals surface area (Å²) in [6, 6.07) is 11.9. The molecular weight excluding hydrogens is 266 g/mol. The number of benzene rings is 1. The minimum atomic E-state index is 0.0976. The third-order valence-corrected chi connectivity index (χ3v) is 3.38. The fourth-order valence-electron chi connectivity index (χ4n) is 2.13. The molecule has 0 aliphatic rings. The number of hydrogen-bond donors (Lipinski definition) is 1. The minimum absolute atomic E-state index is 0.0976. The Balaban J connectivity index is 1.67. The SMILES string of the molecule is Cc1ccccc1-c1nc(CNC(C)c2ccco2)no1. The van der Waals surface area contributed by atoms with Crippen molar-refractivity contribution in [3.05, 3.63) is 59.8 Å². The van der Waals surface area contributed by atoms with Gasteiger partial charge < -0.3 is 14.3 Å². The van der Waals surface area contributed by atoms with Crippen LogP contribution in [-0.2, 0) is 6.54 Å². The van der Waals surface area contributed by atoms with Crippen molar-refractivity contribution in [2.24, 2.45) is 0 Å². The number of nitrogens with one attached hydrogen (secondary N) is 1. The largest absolute Gasteiger partial charge is 0.468 e. The van der Waals surface area contributed by atoms with Crippen molar-refractivity contribution in [3.8, 4) is 11.5 Å². The van der Waals surface area contributed by atoms with E-state index in [-0.39, 0.29) is 6.04 Å². The number of aromatic nitrogens is 2. The van der Waals surface area contributed by atoms with E-state index in [1.807, 2.05) is 50.2 Å². The molecule has 21 heavy (non-hydrogen) atoms. The van der Waals surface area contributed by atoms with Gasteiger partial charge in [0.1, 0.15) is 5.76 Å². The highest BCUT2D eigenvalue weighted by Gasteiger charge is 2.12. The molecule has 108 valence electrons. The Bertz CT molecular complexity index is 704. The zero-order valence-corrected chi connectivity index (χ0v) is 12.0. The van der Waals surface area contributed by atoms with E-state index < -0.39 is 0 Å². The first-order chi connectivity index (χ1) is 10.2. The van der Waals surface area contributed by atoms with Crippen molar-refractivity contribution in [2.45, 2.75) is 26.4 Å². The van der Waals surface area contributed by atoms with Gasteiger partial charge in [0.05, 0.1) is 18.8 Å². The van der Waals surface area contributed by atoms with Crippen molar-refractivity contribution < 1.29 is 8.94 Å². The average Bonchev–Trinajstić information content (AvgIpc) is 3.17. The molecule has 0 spiro atoms. The van der Waals surface area contributed by atoms with Gasteiger partial charge in [-0.1, -0.05) is 23.4 Å². The minimum Gasteiger partial charge on any atom is -0.468 e. The van der Waals surface area contributed by atoms with Crippen LogP contribution in [0.15, 0.2) is 51.6 Å². The van der Waals surface area contributed by atoms with Crippen LogP contribution in [0.2, 0.25) is 0 Å². The first-order valence-corrected chi connectivity index (χ1v) is 6.89. The molecule has 2 heterocycles. The highest BCUT2D eigenvalue weighted by molar-refractivity contribution is 5.57. The third kappa shape index (κ3) is 3.03. The van der Waals surface area contributed by atoms with Crippen LogP contribution >= 0.6 is 0 Å². The zero-order valence-electron chi connectivity index (χ0n) is 12.0. The summed E-state index contributed by atoms with van der Waals surface area (Å²) >= 11 is 0. The van der Waals surface area contributed by atoms with Gasteiger partial charge in [-0.05, 0) is 37.6 Å². The van der Waals surface area contributed by atoms with Gasteiger partial charge in [-0.2, -0.15) is 4.98 Å². The lowest BCUT2D eigenvalue weighted by atomic mass is 10.1. The molecule has 0 fully saturated rings. The van der Waals surface area contributed by atoms with Crippen LogP contribution in [0.5, 0.6) is 0 Å².